The van der Waals surface area contributed by atoms with E-state index in [9.17, 15) is 8.42 Å². The van der Waals surface area contributed by atoms with E-state index in [0.29, 0.717) is 54.5 Å². The number of nitrogens with zero attached hydrogens (tertiary/aromatic N) is 2. The molecule has 0 N–H and O–H groups in total. The van der Waals surface area contributed by atoms with Gasteiger partial charge in [-0.25, -0.2) is 13.4 Å². The number of thioether (sulfide) groups is 1. The molecule has 0 unspecified atom stereocenters. The maximum atomic E-state index is 12.6. The van der Waals surface area contributed by atoms with Gasteiger partial charge in [-0.05, 0) is 30.3 Å². The number of pyridine rings is 1. The van der Waals surface area contributed by atoms with Crippen molar-refractivity contribution in [1.82, 2.24) is 9.29 Å². The van der Waals surface area contributed by atoms with Crippen LogP contribution in [0.3, 0.4) is 0 Å². The lowest BCUT2D eigenvalue weighted by Crippen LogP contribution is -2.40. The van der Waals surface area contributed by atoms with Crippen LogP contribution in [0.25, 0.3) is 0 Å². The Morgan fingerprint density at radius 3 is 2.63 bits per heavy atom. The molecule has 27 heavy (non-hydrogen) atoms. The highest BCUT2D eigenvalue weighted by Gasteiger charge is 2.26. The van der Waals surface area contributed by atoms with E-state index in [0.717, 1.165) is 5.03 Å². The van der Waals surface area contributed by atoms with Crippen molar-refractivity contribution in [2.45, 2.75) is 9.92 Å². The highest BCUT2D eigenvalue weighted by molar-refractivity contribution is 7.99. The zero-order valence-electron chi connectivity index (χ0n) is 14.3. The van der Waals surface area contributed by atoms with Crippen LogP contribution in [0.2, 0.25) is 10.0 Å². The number of hydrogen-bond acceptors (Lipinski definition) is 6. The average molecular weight is 449 g/mol. The second kappa shape index (κ2) is 9.45. The Morgan fingerprint density at radius 2 is 1.96 bits per heavy atom. The van der Waals surface area contributed by atoms with Crippen LogP contribution in [0.15, 0.2) is 46.5 Å². The van der Waals surface area contributed by atoms with Crippen LogP contribution in [0, 0.1) is 0 Å². The van der Waals surface area contributed by atoms with E-state index in [1.807, 2.05) is 0 Å². The minimum atomic E-state index is -3.52. The van der Waals surface area contributed by atoms with Crippen LogP contribution in [0.4, 0.5) is 0 Å². The molecule has 1 aromatic heterocycles. The number of benzene rings is 1. The topological polar surface area (TPSA) is 68.7 Å². The lowest BCUT2D eigenvalue weighted by molar-refractivity contribution is 0.0730. The zero-order chi connectivity index (χ0) is 19.3. The monoisotopic (exact) mass is 448 g/mol. The van der Waals surface area contributed by atoms with Crippen molar-refractivity contribution in [3.05, 3.63) is 46.6 Å². The Bertz CT molecular complexity index is 873. The maximum Gasteiger partial charge on any atom is 0.244 e. The van der Waals surface area contributed by atoms with Crippen molar-refractivity contribution < 1.29 is 17.9 Å². The summed E-state index contributed by atoms with van der Waals surface area (Å²) in [4.78, 5) is 4.43. The van der Waals surface area contributed by atoms with Crippen molar-refractivity contribution in [1.29, 1.82) is 0 Å². The number of morpholine rings is 1. The van der Waals surface area contributed by atoms with Gasteiger partial charge in [0.2, 0.25) is 10.0 Å². The SMILES string of the molecule is O=S(=O)(c1ccc(SCCOc2ccc(Cl)cc2Cl)nc1)N1CCOCC1. The first-order chi connectivity index (χ1) is 13.0. The molecule has 1 aromatic carbocycles. The van der Waals surface area contributed by atoms with Crippen molar-refractivity contribution >= 4 is 45.0 Å². The molecule has 3 rings (SSSR count). The van der Waals surface area contributed by atoms with E-state index in [-0.39, 0.29) is 4.90 Å². The molecule has 1 fully saturated rings. The highest BCUT2D eigenvalue weighted by atomic mass is 35.5. The molecule has 0 aliphatic carbocycles. The van der Waals surface area contributed by atoms with Gasteiger partial charge in [0, 0.05) is 30.1 Å². The summed E-state index contributed by atoms with van der Waals surface area (Å²) in [7, 11) is -3.52. The van der Waals surface area contributed by atoms with Gasteiger partial charge in [-0.3, -0.25) is 0 Å². The first-order valence-electron chi connectivity index (χ1n) is 8.21. The molecule has 2 aromatic rings. The number of aromatic nitrogens is 1. The molecule has 0 radical (unpaired) electrons. The molecule has 1 saturated heterocycles. The summed E-state index contributed by atoms with van der Waals surface area (Å²) in [5.74, 6) is 1.21. The molecule has 0 saturated carbocycles. The van der Waals surface area contributed by atoms with E-state index in [2.05, 4.69) is 4.98 Å². The van der Waals surface area contributed by atoms with Crippen LogP contribution >= 0.6 is 35.0 Å². The van der Waals surface area contributed by atoms with E-state index in [1.54, 1.807) is 30.3 Å². The van der Waals surface area contributed by atoms with Crippen LogP contribution in [0.5, 0.6) is 5.75 Å². The minimum absolute atomic E-state index is 0.193. The molecule has 6 nitrogen and oxygen atoms in total. The van der Waals surface area contributed by atoms with Crippen molar-refractivity contribution in [2.24, 2.45) is 0 Å². The Balaban J connectivity index is 1.51. The summed E-state index contributed by atoms with van der Waals surface area (Å²) in [6.07, 6.45) is 1.39. The van der Waals surface area contributed by atoms with E-state index >= 15 is 0 Å². The van der Waals surface area contributed by atoms with Gasteiger partial charge in [0.15, 0.2) is 0 Å². The number of hydrogen-bond donors (Lipinski definition) is 0. The Hall–Kier alpha value is -1.03. The average Bonchev–Trinajstić information content (AvgIpc) is 2.68. The normalized spacial score (nSPS) is 15.6. The molecule has 0 amide bonds. The second-order valence-electron chi connectivity index (χ2n) is 5.62. The van der Waals surface area contributed by atoms with Gasteiger partial charge in [0.1, 0.15) is 10.6 Å². The molecule has 1 aliphatic rings. The Morgan fingerprint density at radius 1 is 1.19 bits per heavy atom. The number of sulfonamides is 1. The summed E-state index contributed by atoms with van der Waals surface area (Å²) >= 11 is 13.4. The molecule has 10 heteroatoms. The van der Waals surface area contributed by atoms with Crippen molar-refractivity contribution in [2.75, 3.05) is 38.7 Å². The third-order valence-corrected chi connectivity index (χ3v) is 7.12. The summed E-state index contributed by atoms with van der Waals surface area (Å²) in [5, 5.41) is 1.74. The molecule has 146 valence electrons. The first-order valence-corrected chi connectivity index (χ1v) is 11.4. The van der Waals surface area contributed by atoms with Gasteiger partial charge in [0.25, 0.3) is 0 Å². The molecule has 0 spiro atoms. The number of rotatable bonds is 7. The fourth-order valence-electron chi connectivity index (χ4n) is 2.43. The van der Waals surface area contributed by atoms with Crippen molar-refractivity contribution in [3.8, 4) is 5.75 Å². The minimum Gasteiger partial charge on any atom is -0.491 e. The Kier molecular flexibility index (Phi) is 7.24. The quantitative estimate of drug-likeness (QED) is 0.476. The van der Waals surface area contributed by atoms with Crippen molar-refractivity contribution in [3.63, 3.8) is 0 Å². The van der Waals surface area contributed by atoms with Crippen LogP contribution < -0.4 is 4.74 Å². The second-order valence-corrected chi connectivity index (χ2v) is 9.52. The summed E-state index contributed by atoms with van der Waals surface area (Å²) in [6, 6.07) is 8.34. The van der Waals surface area contributed by atoms with Crippen LogP contribution in [-0.4, -0.2) is 56.4 Å². The maximum absolute atomic E-state index is 12.6. The van der Waals surface area contributed by atoms with Gasteiger partial charge in [-0.2, -0.15) is 4.31 Å². The Labute approximate surface area is 172 Å². The summed E-state index contributed by atoms with van der Waals surface area (Å²) in [5.41, 5.74) is 0. The molecular formula is C17H18Cl2N2O4S2. The van der Waals surface area contributed by atoms with E-state index in [1.165, 1.54) is 22.3 Å². The largest absolute Gasteiger partial charge is 0.491 e. The smallest absolute Gasteiger partial charge is 0.244 e. The third-order valence-electron chi connectivity index (χ3n) is 3.80. The fraction of sp³-hybridized carbons (Fsp3) is 0.353. The van der Waals surface area contributed by atoms with Gasteiger partial charge in [-0.1, -0.05) is 23.2 Å². The number of halogens is 2. The molecule has 0 bridgehead atoms. The van der Waals surface area contributed by atoms with Gasteiger partial charge < -0.3 is 9.47 Å². The third kappa shape index (κ3) is 5.49. The van der Waals surface area contributed by atoms with Gasteiger partial charge in [0.05, 0.1) is 29.9 Å². The first kappa shape index (κ1) is 20.7. The molecule has 1 aliphatic heterocycles. The van der Waals surface area contributed by atoms with Gasteiger partial charge >= 0.3 is 0 Å². The predicted octanol–water partition coefficient (Wildman–Crippen LogP) is 3.58. The van der Waals surface area contributed by atoms with Gasteiger partial charge in [-0.15, -0.1) is 11.8 Å². The fourth-order valence-corrected chi connectivity index (χ4v) is 4.92. The van der Waals surface area contributed by atoms with Crippen LogP contribution in [-0.2, 0) is 14.8 Å². The number of ether oxygens (including phenoxy) is 2. The molecule has 0 atom stereocenters. The predicted molar refractivity (Wildman–Crippen MR) is 106 cm³/mol. The molecule has 2 heterocycles. The summed E-state index contributed by atoms with van der Waals surface area (Å²) < 4.78 is 37.3. The van der Waals surface area contributed by atoms with E-state index < -0.39 is 10.0 Å². The standard InChI is InChI=1S/C17H18Cl2N2O4S2/c18-13-1-3-16(15(19)11-13)25-9-10-26-17-4-2-14(12-20-17)27(22,23)21-5-7-24-8-6-21/h1-4,11-12H,5-10H2. The lowest BCUT2D eigenvalue weighted by atomic mass is 10.3. The molecular weight excluding hydrogens is 431 g/mol. The van der Waals surface area contributed by atoms with E-state index in [4.69, 9.17) is 32.7 Å². The lowest BCUT2D eigenvalue weighted by Gasteiger charge is -2.25. The van der Waals surface area contributed by atoms with Crippen LogP contribution in [0.1, 0.15) is 0 Å². The highest BCUT2D eigenvalue weighted by Crippen LogP contribution is 2.28. The summed E-state index contributed by atoms with van der Waals surface area (Å²) in [6.45, 7) is 1.99. The zero-order valence-corrected chi connectivity index (χ0v) is 17.5.